The van der Waals surface area contributed by atoms with E-state index in [1.165, 1.54) is 11.3 Å². The van der Waals surface area contributed by atoms with Gasteiger partial charge in [0.2, 0.25) is 0 Å². The topological polar surface area (TPSA) is 76.4 Å². The zero-order valence-electron chi connectivity index (χ0n) is 17.4. The van der Waals surface area contributed by atoms with Crippen molar-refractivity contribution in [2.75, 3.05) is 27.2 Å². The van der Waals surface area contributed by atoms with Gasteiger partial charge in [-0.3, -0.25) is 9.36 Å². The average Bonchev–Trinajstić information content (AvgIpc) is 3.19. The smallest absolute Gasteiger partial charge is 0.274 e. The number of benzene rings is 2. The van der Waals surface area contributed by atoms with Crippen LogP contribution in [0.5, 0.6) is 11.5 Å². The van der Waals surface area contributed by atoms with Gasteiger partial charge in [-0.1, -0.05) is 23.7 Å². The summed E-state index contributed by atoms with van der Waals surface area (Å²) in [4.78, 5) is 17.8. The molecule has 0 radical (unpaired) electrons. The number of fused-ring (bicyclic) bond motifs is 1. The Hall–Kier alpha value is -2.91. The normalized spacial score (nSPS) is 20.2. The van der Waals surface area contributed by atoms with Crippen LogP contribution < -0.4 is 15.0 Å². The summed E-state index contributed by atoms with van der Waals surface area (Å²) in [5.41, 5.74) is 2.06. The third kappa shape index (κ3) is 3.86. The molecule has 0 aliphatic carbocycles. The van der Waals surface area contributed by atoms with Crippen LogP contribution in [0, 0.1) is 5.21 Å². The van der Waals surface area contributed by atoms with Crippen LogP contribution >= 0.6 is 22.9 Å². The van der Waals surface area contributed by atoms with Crippen LogP contribution in [0.15, 0.2) is 59.5 Å². The van der Waals surface area contributed by atoms with Crippen molar-refractivity contribution in [1.82, 2.24) is 9.55 Å². The second-order valence-corrected chi connectivity index (χ2v) is 9.40. The molecule has 9 heteroatoms. The quantitative estimate of drug-likeness (QED) is 0.318. The molecule has 7 nitrogen and oxygen atoms in total. The summed E-state index contributed by atoms with van der Waals surface area (Å²) in [6.45, 7) is 0.810. The van der Waals surface area contributed by atoms with E-state index in [0.717, 1.165) is 10.6 Å². The lowest BCUT2D eigenvalue weighted by Crippen LogP contribution is -2.62. The fourth-order valence-electron chi connectivity index (χ4n) is 3.81. The molecule has 0 bridgehead atoms. The number of thiazole rings is 1. The number of ether oxygens (including phenoxy) is 2. The SMILES string of the molecule is COc1cc(-n2ccc3nc(-c4ccc(Cl)cc4)sc3c2=O)ccc1O[C@H]1C[N@@+](C)([O-])C1. The third-order valence-electron chi connectivity index (χ3n) is 5.44. The minimum atomic E-state index is -0.298. The Morgan fingerprint density at radius 1 is 1.16 bits per heavy atom. The fourth-order valence-corrected chi connectivity index (χ4v) is 4.93. The summed E-state index contributed by atoms with van der Waals surface area (Å²) in [5.74, 6) is 1.06. The maximum atomic E-state index is 13.2. The van der Waals surface area contributed by atoms with Crippen molar-refractivity contribution >= 4 is 33.2 Å². The monoisotopic (exact) mass is 469 g/mol. The van der Waals surface area contributed by atoms with E-state index in [1.54, 1.807) is 55.3 Å². The summed E-state index contributed by atoms with van der Waals surface area (Å²) < 4.78 is 13.2. The molecule has 32 heavy (non-hydrogen) atoms. The lowest BCUT2D eigenvalue weighted by atomic mass is 10.1. The molecule has 0 N–H and O–H groups in total. The fraction of sp³-hybridized carbons (Fsp3) is 0.217. The number of halogens is 1. The number of likely N-dealkylation sites (tertiary alicyclic amines) is 1. The molecule has 2 aromatic heterocycles. The zero-order chi connectivity index (χ0) is 22.5. The molecular formula is C23H20ClN3O4S. The standard InChI is InChI=1S/C23H20ClN3O4S/c1-27(29)12-17(13-27)31-19-8-7-16(11-20(19)30-2)26-10-9-18-21(23(26)28)32-22(25-18)14-3-5-15(24)6-4-14/h3-11,17H,12-13H2,1-2H3/t17-,27+. The van der Waals surface area contributed by atoms with Gasteiger partial charge in [-0.15, -0.1) is 11.3 Å². The van der Waals surface area contributed by atoms with Gasteiger partial charge in [0, 0.05) is 22.8 Å². The number of pyridine rings is 1. The Kier molecular flexibility index (Phi) is 5.17. The number of hydrogen-bond donors (Lipinski definition) is 0. The summed E-state index contributed by atoms with van der Waals surface area (Å²) >= 11 is 7.32. The summed E-state index contributed by atoms with van der Waals surface area (Å²) in [6, 6.07) is 14.5. The van der Waals surface area contributed by atoms with Crippen molar-refractivity contribution in [1.29, 1.82) is 0 Å². The number of rotatable bonds is 5. The van der Waals surface area contributed by atoms with Gasteiger partial charge >= 0.3 is 0 Å². The van der Waals surface area contributed by atoms with E-state index in [0.29, 0.717) is 45.5 Å². The Bertz CT molecular complexity index is 1360. The molecule has 1 aliphatic heterocycles. The van der Waals surface area contributed by atoms with Crippen LogP contribution in [-0.2, 0) is 0 Å². The number of likely N-dealkylation sites (N-methyl/N-ethyl adjacent to an activating group) is 1. The number of nitrogens with zero attached hydrogens (tertiary/aromatic N) is 3. The van der Waals surface area contributed by atoms with Gasteiger partial charge in [0.15, 0.2) is 17.6 Å². The highest BCUT2D eigenvalue weighted by Crippen LogP contribution is 2.33. The van der Waals surface area contributed by atoms with Crippen LogP contribution in [0.3, 0.4) is 0 Å². The molecule has 0 unspecified atom stereocenters. The molecule has 1 fully saturated rings. The lowest BCUT2D eigenvalue weighted by Gasteiger charge is -2.50. The number of hydroxylamine groups is 3. The van der Waals surface area contributed by atoms with Gasteiger partial charge in [-0.05, 0) is 30.3 Å². The van der Waals surface area contributed by atoms with Crippen molar-refractivity contribution in [3.8, 4) is 27.8 Å². The van der Waals surface area contributed by atoms with E-state index in [4.69, 9.17) is 21.1 Å². The van der Waals surface area contributed by atoms with Gasteiger partial charge in [-0.2, -0.15) is 0 Å². The van der Waals surface area contributed by atoms with E-state index < -0.39 is 0 Å². The van der Waals surface area contributed by atoms with Gasteiger partial charge in [0.05, 0.1) is 25.4 Å². The minimum absolute atomic E-state index is 0.139. The maximum absolute atomic E-state index is 13.2. The largest absolute Gasteiger partial charge is 0.633 e. The van der Waals surface area contributed by atoms with Crippen molar-refractivity contribution in [3.05, 3.63) is 75.3 Å². The van der Waals surface area contributed by atoms with Gasteiger partial charge < -0.3 is 19.3 Å². The Labute approximate surface area is 193 Å². The van der Waals surface area contributed by atoms with Crippen LogP contribution in [0.2, 0.25) is 5.02 Å². The molecule has 3 heterocycles. The first-order chi connectivity index (χ1) is 15.3. The minimum Gasteiger partial charge on any atom is -0.633 e. The molecule has 0 amide bonds. The highest BCUT2D eigenvalue weighted by Gasteiger charge is 2.36. The Morgan fingerprint density at radius 2 is 1.91 bits per heavy atom. The Balaban J connectivity index is 1.48. The summed E-state index contributed by atoms with van der Waals surface area (Å²) in [5, 5.41) is 13.2. The lowest BCUT2D eigenvalue weighted by molar-refractivity contribution is -0.908. The molecule has 1 saturated heterocycles. The van der Waals surface area contributed by atoms with E-state index in [1.807, 2.05) is 18.2 Å². The maximum Gasteiger partial charge on any atom is 0.274 e. The second kappa shape index (κ2) is 7.90. The number of hydrogen-bond acceptors (Lipinski definition) is 6. The number of aromatic nitrogens is 2. The summed E-state index contributed by atoms with van der Waals surface area (Å²) in [6.07, 6.45) is 1.57. The Morgan fingerprint density at radius 3 is 2.59 bits per heavy atom. The molecule has 5 rings (SSSR count). The third-order valence-corrected chi connectivity index (χ3v) is 6.80. The summed E-state index contributed by atoms with van der Waals surface area (Å²) in [7, 11) is 3.18. The molecule has 164 valence electrons. The van der Waals surface area contributed by atoms with Crippen molar-refractivity contribution in [2.24, 2.45) is 0 Å². The first kappa shape index (κ1) is 21.0. The predicted molar refractivity (Wildman–Crippen MR) is 126 cm³/mol. The van der Waals surface area contributed by atoms with Gasteiger partial charge in [0.25, 0.3) is 5.56 Å². The molecular weight excluding hydrogens is 450 g/mol. The molecule has 0 spiro atoms. The molecule has 0 saturated carbocycles. The van der Waals surface area contributed by atoms with E-state index in [2.05, 4.69) is 4.98 Å². The van der Waals surface area contributed by atoms with Crippen LogP contribution in [0.25, 0.3) is 26.5 Å². The first-order valence-corrected chi connectivity index (χ1v) is 11.2. The van der Waals surface area contributed by atoms with E-state index in [-0.39, 0.29) is 16.3 Å². The molecule has 4 aromatic rings. The van der Waals surface area contributed by atoms with Crippen molar-refractivity contribution in [3.63, 3.8) is 0 Å². The first-order valence-electron chi connectivity index (χ1n) is 10.0. The second-order valence-electron chi connectivity index (χ2n) is 7.97. The molecule has 0 atom stereocenters. The van der Waals surface area contributed by atoms with Crippen LogP contribution in [-0.4, -0.2) is 47.5 Å². The average molecular weight is 470 g/mol. The molecule has 1 aliphatic rings. The van der Waals surface area contributed by atoms with Crippen molar-refractivity contribution < 1.29 is 14.1 Å². The van der Waals surface area contributed by atoms with Gasteiger partial charge in [-0.25, -0.2) is 4.98 Å². The van der Waals surface area contributed by atoms with E-state index in [9.17, 15) is 10.0 Å². The van der Waals surface area contributed by atoms with Crippen molar-refractivity contribution in [2.45, 2.75) is 6.10 Å². The van der Waals surface area contributed by atoms with Crippen LogP contribution in [0.1, 0.15) is 0 Å². The zero-order valence-corrected chi connectivity index (χ0v) is 19.0. The highest BCUT2D eigenvalue weighted by atomic mass is 35.5. The number of methoxy groups -OCH3 is 1. The number of quaternary nitrogens is 1. The van der Waals surface area contributed by atoms with Gasteiger partial charge in [0.1, 0.15) is 22.8 Å². The van der Waals surface area contributed by atoms with E-state index >= 15 is 0 Å². The van der Waals surface area contributed by atoms with Crippen LogP contribution in [0.4, 0.5) is 0 Å². The predicted octanol–water partition coefficient (Wildman–Crippen LogP) is 4.48. The highest BCUT2D eigenvalue weighted by molar-refractivity contribution is 7.21. The molecule has 2 aromatic carbocycles.